The predicted octanol–water partition coefficient (Wildman–Crippen LogP) is 4.58. The quantitative estimate of drug-likeness (QED) is 0.593. The number of carbonyl (C=O) groups excluding carboxylic acids is 2. The Balaban J connectivity index is 1.97. The zero-order valence-corrected chi connectivity index (χ0v) is 18.2. The molecular formula is C24H30N2O4. The van der Waals surface area contributed by atoms with Crippen molar-refractivity contribution in [3.05, 3.63) is 59.7 Å². The van der Waals surface area contributed by atoms with Gasteiger partial charge in [-0.15, -0.1) is 0 Å². The van der Waals surface area contributed by atoms with Crippen molar-refractivity contribution in [3.8, 4) is 11.5 Å². The molecule has 2 N–H and O–H groups in total. The molecule has 0 radical (unpaired) electrons. The smallest absolute Gasteiger partial charge is 0.244 e. The van der Waals surface area contributed by atoms with Gasteiger partial charge in [-0.05, 0) is 54.3 Å². The third-order valence-electron chi connectivity index (χ3n) is 4.28. The van der Waals surface area contributed by atoms with Gasteiger partial charge in [0.1, 0.15) is 0 Å². The van der Waals surface area contributed by atoms with Gasteiger partial charge in [0.2, 0.25) is 11.8 Å². The number of rotatable bonds is 9. The van der Waals surface area contributed by atoms with Gasteiger partial charge in [0, 0.05) is 18.7 Å². The molecule has 6 heteroatoms. The largest absolute Gasteiger partial charge is 0.493 e. The van der Waals surface area contributed by atoms with Crippen molar-refractivity contribution in [1.82, 2.24) is 5.32 Å². The highest BCUT2D eigenvalue weighted by Crippen LogP contribution is 2.30. The highest BCUT2D eigenvalue weighted by Gasteiger charge is 2.12. The van der Waals surface area contributed by atoms with E-state index in [0.29, 0.717) is 29.7 Å². The van der Waals surface area contributed by atoms with Crippen molar-refractivity contribution in [2.75, 3.05) is 19.0 Å². The van der Waals surface area contributed by atoms with Gasteiger partial charge in [0.25, 0.3) is 0 Å². The van der Waals surface area contributed by atoms with Crippen molar-refractivity contribution < 1.29 is 19.1 Å². The van der Waals surface area contributed by atoms with Gasteiger partial charge in [-0.25, -0.2) is 0 Å². The molecule has 30 heavy (non-hydrogen) atoms. The van der Waals surface area contributed by atoms with E-state index in [2.05, 4.69) is 24.5 Å². The van der Waals surface area contributed by atoms with Crippen LogP contribution in [0.1, 0.15) is 44.9 Å². The monoisotopic (exact) mass is 410 g/mol. The number of anilines is 1. The van der Waals surface area contributed by atoms with E-state index < -0.39 is 0 Å². The van der Waals surface area contributed by atoms with Crippen molar-refractivity contribution in [2.24, 2.45) is 5.92 Å². The fraction of sp³-hybridized carbons (Fsp3) is 0.333. The Labute approximate surface area is 178 Å². The SMILES string of the molecule is COc1cc(C(C)NC(=O)/C=C/c2ccc(NC(C)=O)cc2)ccc1OCC(C)C. The summed E-state index contributed by atoms with van der Waals surface area (Å²) in [6.45, 7) is 8.16. The molecule has 2 aromatic carbocycles. The lowest BCUT2D eigenvalue weighted by Gasteiger charge is -2.17. The zero-order chi connectivity index (χ0) is 22.1. The molecule has 0 fully saturated rings. The van der Waals surface area contributed by atoms with Crippen LogP contribution in [0, 0.1) is 5.92 Å². The van der Waals surface area contributed by atoms with Crippen molar-refractivity contribution in [2.45, 2.75) is 33.7 Å². The molecule has 2 aromatic rings. The molecule has 0 heterocycles. The number of hydrogen-bond acceptors (Lipinski definition) is 4. The first-order valence-electron chi connectivity index (χ1n) is 9.95. The average Bonchev–Trinajstić information content (AvgIpc) is 2.71. The summed E-state index contributed by atoms with van der Waals surface area (Å²) in [5.74, 6) is 1.43. The van der Waals surface area contributed by atoms with Crippen LogP contribution in [0.2, 0.25) is 0 Å². The lowest BCUT2D eigenvalue weighted by atomic mass is 10.1. The Bertz CT molecular complexity index is 889. The first kappa shape index (κ1) is 23.0. The second-order valence-corrected chi connectivity index (χ2v) is 7.48. The number of amides is 2. The highest BCUT2D eigenvalue weighted by molar-refractivity contribution is 5.92. The number of nitrogens with one attached hydrogen (secondary N) is 2. The number of benzene rings is 2. The minimum Gasteiger partial charge on any atom is -0.493 e. The summed E-state index contributed by atoms with van der Waals surface area (Å²) >= 11 is 0. The first-order valence-corrected chi connectivity index (χ1v) is 9.95. The number of ether oxygens (including phenoxy) is 2. The standard InChI is InChI=1S/C24H30N2O4/c1-16(2)15-30-22-12-9-20(14-23(22)29-5)17(3)25-24(28)13-8-19-6-10-21(11-7-19)26-18(4)27/h6-14,16-17H,15H2,1-5H3,(H,25,28)(H,26,27)/b13-8+. The minimum atomic E-state index is -0.201. The van der Waals surface area contributed by atoms with Crippen LogP contribution in [0.15, 0.2) is 48.5 Å². The fourth-order valence-corrected chi connectivity index (χ4v) is 2.73. The molecule has 1 atom stereocenters. The third kappa shape index (κ3) is 7.28. The maximum absolute atomic E-state index is 12.3. The van der Waals surface area contributed by atoms with Gasteiger partial charge in [-0.3, -0.25) is 9.59 Å². The van der Waals surface area contributed by atoms with E-state index in [9.17, 15) is 9.59 Å². The van der Waals surface area contributed by atoms with Gasteiger partial charge >= 0.3 is 0 Å². The second-order valence-electron chi connectivity index (χ2n) is 7.48. The van der Waals surface area contributed by atoms with Crippen LogP contribution in [0.5, 0.6) is 11.5 Å². The maximum atomic E-state index is 12.3. The van der Waals surface area contributed by atoms with Gasteiger partial charge < -0.3 is 20.1 Å². The lowest BCUT2D eigenvalue weighted by molar-refractivity contribution is -0.117. The van der Waals surface area contributed by atoms with Crippen molar-refractivity contribution in [3.63, 3.8) is 0 Å². The summed E-state index contributed by atoms with van der Waals surface area (Å²) in [5.41, 5.74) is 2.50. The van der Waals surface area contributed by atoms with E-state index in [1.165, 1.54) is 13.0 Å². The summed E-state index contributed by atoms with van der Waals surface area (Å²) < 4.78 is 11.2. The summed E-state index contributed by atoms with van der Waals surface area (Å²) in [5, 5.41) is 5.65. The van der Waals surface area contributed by atoms with E-state index in [0.717, 1.165) is 11.1 Å². The minimum absolute atomic E-state index is 0.122. The van der Waals surface area contributed by atoms with Gasteiger partial charge in [-0.1, -0.05) is 32.0 Å². The maximum Gasteiger partial charge on any atom is 0.244 e. The topological polar surface area (TPSA) is 76.7 Å². The van der Waals surface area contributed by atoms with E-state index in [-0.39, 0.29) is 17.9 Å². The Morgan fingerprint density at radius 1 is 1.03 bits per heavy atom. The molecule has 0 spiro atoms. The van der Waals surface area contributed by atoms with Crippen LogP contribution in [-0.4, -0.2) is 25.5 Å². The van der Waals surface area contributed by atoms with Gasteiger partial charge in [-0.2, -0.15) is 0 Å². The van der Waals surface area contributed by atoms with Crippen molar-refractivity contribution >= 4 is 23.6 Å². The number of carbonyl (C=O) groups is 2. The lowest BCUT2D eigenvalue weighted by Crippen LogP contribution is -2.24. The second kappa shape index (κ2) is 11.0. The molecular weight excluding hydrogens is 380 g/mol. The predicted molar refractivity (Wildman–Crippen MR) is 120 cm³/mol. The van der Waals surface area contributed by atoms with Crippen LogP contribution in [0.25, 0.3) is 6.08 Å². The Kier molecular flexibility index (Phi) is 8.47. The van der Waals surface area contributed by atoms with Crippen molar-refractivity contribution in [1.29, 1.82) is 0 Å². The molecule has 0 aliphatic carbocycles. The Hall–Kier alpha value is -3.28. The number of hydrogen-bond donors (Lipinski definition) is 2. The zero-order valence-electron chi connectivity index (χ0n) is 18.2. The van der Waals surface area contributed by atoms with E-state index in [1.807, 2.05) is 37.3 Å². The van der Waals surface area contributed by atoms with Gasteiger partial charge in [0.15, 0.2) is 11.5 Å². The Morgan fingerprint density at radius 2 is 1.73 bits per heavy atom. The van der Waals surface area contributed by atoms with Gasteiger partial charge in [0.05, 0.1) is 19.8 Å². The number of methoxy groups -OCH3 is 1. The highest BCUT2D eigenvalue weighted by atomic mass is 16.5. The summed E-state index contributed by atoms with van der Waals surface area (Å²) in [7, 11) is 1.60. The summed E-state index contributed by atoms with van der Waals surface area (Å²) in [6.07, 6.45) is 3.21. The molecule has 0 saturated carbocycles. The van der Waals surface area contributed by atoms with Crippen LogP contribution in [-0.2, 0) is 9.59 Å². The summed E-state index contributed by atoms with van der Waals surface area (Å²) in [4.78, 5) is 23.4. The molecule has 0 saturated heterocycles. The third-order valence-corrected chi connectivity index (χ3v) is 4.28. The molecule has 0 bridgehead atoms. The fourth-order valence-electron chi connectivity index (χ4n) is 2.73. The molecule has 0 aromatic heterocycles. The molecule has 6 nitrogen and oxygen atoms in total. The van der Waals surface area contributed by atoms with Crippen LogP contribution < -0.4 is 20.1 Å². The normalized spacial score (nSPS) is 11.9. The molecule has 2 rings (SSSR count). The van der Waals surface area contributed by atoms with E-state index in [4.69, 9.17) is 9.47 Å². The van der Waals surface area contributed by atoms with E-state index >= 15 is 0 Å². The molecule has 0 aliphatic rings. The molecule has 160 valence electrons. The molecule has 2 amide bonds. The van der Waals surface area contributed by atoms with Crippen LogP contribution in [0.4, 0.5) is 5.69 Å². The Morgan fingerprint density at radius 3 is 2.33 bits per heavy atom. The molecule has 0 aliphatic heterocycles. The van der Waals surface area contributed by atoms with Crippen LogP contribution in [0.3, 0.4) is 0 Å². The van der Waals surface area contributed by atoms with E-state index in [1.54, 1.807) is 25.3 Å². The first-order chi connectivity index (χ1) is 14.3. The van der Waals surface area contributed by atoms with Crippen LogP contribution >= 0.6 is 0 Å². The average molecular weight is 411 g/mol. The summed E-state index contributed by atoms with van der Waals surface area (Å²) in [6, 6.07) is 12.7. The molecule has 1 unspecified atom stereocenters.